The summed E-state index contributed by atoms with van der Waals surface area (Å²) < 4.78 is 39.2. The number of aromatic nitrogens is 2. The molecule has 1 aliphatic heterocycles. The van der Waals surface area contributed by atoms with Gasteiger partial charge >= 0.3 is 6.18 Å². The second-order valence-electron chi connectivity index (χ2n) is 7.60. The minimum absolute atomic E-state index is 0.126. The van der Waals surface area contributed by atoms with Crippen molar-refractivity contribution in [3.8, 4) is 5.69 Å². The lowest BCUT2D eigenvalue weighted by Gasteiger charge is -2.15. The van der Waals surface area contributed by atoms with Gasteiger partial charge in [-0.3, -0.25) is 9.59 Å². The van der Waals surface area contributed by atoms with E-state index in [0.717, 1.165) is 40.5 Å². The molecule has 0 aliphatic carbocycles. The van der Waals surface area contributed by atoms with Gasteiger partial charge in [-0.15, -0.1) is 0 Å². The molecule has 2 heterocycles. The molecule has 0 spiro atoms. The van der Waals surface area contributed by atoms with E-state index in [0.29, 0.717) is 12.1 Å². The highest BCUT2D eigenvalue weighted by Crippen LogP contribution is 2.28. The third kappa shape index (κ3) is 5.49. The molecule has 170 valence electrons. The highest BCUT2D eigenvalue weighted by Gasteiger charge is 2.33. The second-order valence-corrected chi connectivity index (χ2v) is 7.60. The van der Waals surface area contributed by atoms with Crippen LogP contribution in [0.15, 0.2) is 66.9 Å². The first-order chi connectivity index (χ1) is 15.8. The van der Waals surface area contributed by atoms with Crippen LogP contribution in [0.2, 0.25) is 0 Å². The predicted molar refractivity (Wildman–Crippen MR) is 117 cm³/mol. The maximum Gasteiger partial charge on any atom is 0.435 e. The SMILES string of the molecule is O=C(/C=C/c1ccc(N2CCCC2=O)cc1)NCc1ccc(-n2ccc(C(F)(F)F)n2)cc1. The number of carbonyl (C=O) groups excluding carboxylic acids is 2. The van der Waals surface area contributed by atoms with Gasteiger partial charge in [-0.2, -0.15) is 18.3 Å². The number of alkyl halides is 3. The zero-order valence-corrected chi connectivity index (χ0v) is 17.5. The number of benzene rings is 2. The molecule has 1 fully saturated rings. The van der Waals surface area contributed by atoms with Crippen molar-refractivity contribution in [3.63, 3.8) is 0 Å². The van der Waals surface area contributed by atoms with Crippen LogP contribution in [0, 0.1) is 0 Å². The largest absolute Gasteiger partial charge is 0.435 e. The fourth-order valence-corrected chi connectivity index (χ4v) is 3.49. The Bertz CT molecular complexity index is 1170. The van der Waals surface area contributed by atoms with Gasteiger partial charge in [0.1, 0.15) is 0 Å². The summed E-state index contributed by atoms with van der Waals surface area (Å²) in [7, 11) is 0. The average Bonchev–Trinajstić information content (AvgIpc) is 3.46. The molecule has 3 aromatic rings. The van der Waals surface area contributed by atoms with Crippen LogP contribution in [0.4, 0.5) is 18.9 Å². The van der Waals surface area contributed by atoms with Gasteiger partial charge in [-0.1, -0.05) is 24.3 Å². The summed E-state index contributed by atoms with van der Waals surface area (Å²) in [5, 5.41) is 6.30. The van der Waals surface area contributed by atoms with E-state index < -0.39 is 11.9 Å². The molecule has 0 saturated carbocycles. The predicted octanol–water partition coefficient (Wildman–Crippen LogP) is 4.35. The van der Waals surface area contributed by atoms with Gasteiger partial charge in [0, 0.05) is 37.5 Å². The molecular weight excluding hydrogens is 433 g/mol. The van der Waals surface area contributed by atoms with Crippen LogP contribution in [0.5, 0.6) is 0 Å². The average molecular weight is 454 g/mol. The summed E-state index contributed by atoms with van der Waals surface area (Å²) in [6.07, 6.45) is 1.31. The number of nitrogens with one attached hydrogen (secondary N) is 1. The Kier molecular flexibility index (Phi) is 6.30. The normalized spacial score (nSPS) is 14.3. The van der Waals surface area contributed by atoms with Crippen LogP contribution in [0.1, 0.15) is 29.7 Å². The number of amides is 2. The number of halogens is 3. The van der Waals surface area contributed by atoms with Gasteiger partial charge in [-0.05, 0) is 54.0 Å². The molecule has 0 atom stereocenters. The Labute approximate surface area is 188 Å². The molecule has 1 aliphatic rings. The van der Waals surface area contributed by atoms with Gasteiger partial charge in [0.15, 0.2) is 5.69 Å². The maximum atomic E-state index is 12.7. The quantitative estimate of drug-likeness (QED) is 0.564. The summed E-state index contributed by atoms with van der Waals surface area (Å²) in [6, 6.07) is 15.0. The molecule has 4 rings (SSSR count). The molecule has 9 heteroatoms. The number of hydrogen-bond donors (Lipinski definition) is 1. The third-order valence-electron chi connectivity index (χ3n) is 5.25. The summed E-state index contributed by atoms with van der Waals surface area (Å²) in [5.74, 6) is -0.152. The van der Waals surface area contributed by atoms with E-state index in [-0.39, 0.29) is 18.4 Å². The van der Waals surface area contributed by atoms with Crippen molar-refractivity contribution in [1.82, 2.24) is 15.1 Å². The van der Waals surface area contributed by atoms with E-state index in [1.807, 2.05) is 24.3 Å². The molecule has 1 N–H and O–H groups in total. The van der Waals surface area contributed by atoms with Crippen molar-refractivity contribution in [2.45, 2.75) is 25.6 Å². The van der Waals surface area contributed by atoms with Gasteiger partial charge < -0.3 is 10.2 Å². The van der Waals surface area contributed by atoms with Crippen molar-refractivity contribution in [3.05, 3.63) is 83.7 Å². The van der Waals surface area contributed by atoms with Crippen LogP contribution in [0.3, 0.4) is 0 Å². The summed E-state index contributed by atoms with van der Waals surface area (Å²) in [5.41, 5.74) is 2.02. The monoisotopic (exact) mass is 454 g/mol. The minimum atomic E-state index is -4.49. The number of rotatable bonds is 6. The van der Waals surface area contributed by atoms with Crippen molar-refractivity contribution >= 4 is 23.6 Å². The Balaban J connectivity index is 1.29. The molecule has 1 aromatic heterocycles. The highest BCUT2D eigenvalue weighted by atomic mass is 19.4. The smallest absolute Gasteiger partial charge is 0.348 e. The Morgan fingerprint density at radius 2 is 1.73 bits per heavy atom. The lowest BCUT2D eigenvalue weighted by Crippen LogP contribution is -2.23. The summed E-state index contributed by atoms with van der Waals surface area (Å²) in [6.45, 7) is 1.00. The second kappa shape index (κ2) is 9.32. The van der Waals surface area contributed by atoms with Crippen LogP contribution in [0.25, 0.3) is 11.8 Å². The van der Waals surface area contributed by atoms with E-state index in [9.17, 15) is 22.8 Å². The number of anilines is 1. The number of hydrogen-bond acceptors (Lipinski definition) is 3. The minimum Gasteiger partial charge on any atom is -0.348 e. The Hall–Kier alpha value is -3.88. The van der Waals surface area contributed by atoms with Crippen molar-refractivity contribution in [1.29, 1.82) is 0 Å². The summed E-state index contributed by atoms with van der Waals surface area (Å²) >= 11 is 0. The number of carbonyl (C=O) groups is 2. The molecule has 0 unspecified atom stereocenters. The van der Waals surface area contributed by atoms with E-state index in [1.165, 1.54) is 12.3 Å². The third-order valence-corrected chi connectivity index (χ3v) is 5.25. The van der Waals surface area contributed by atoms with Gasteiger partial charge in [0.2, 0.25) is 11.8 Å². The van der Waals surface area contributed by atoms with E-state index in [2.05, 4.69) is 10.4 Å². The van der Waals surface area contributed by atoms with Crippen LogP contribution >= 0.6 is 0 Å². The maximum absolute atomic E-state index is 12.7. The molecule has 1 saturated heterocycles. The van der Waals surface area contributed by atoms with Crippen molar-refractivity contribution in [2.75, 3.05) is 11.4 Å². The zero-order chi connectivity index (χ0) is 23.4. The van der Waals surface area contributed by atoms with E-state index in [4.69, 9.17) is 0 Å². The molecule has 0 bridgehead atoms. The number of nitrogens with zero attached hydrogens (tertiary/aromatic N) is 3. The van der Waals surface area contributed by atoms with Crippen molar-refractivity contribution < 1.29 is 22.8 Å². The molecule has 2 amide bonds. The first kappa shape index (κ1) is 22.3. The lowest BCUT2D eigenvalue weighted by molar-refractivity contribution is -0.141. The topological polar surface area (TPSA) is 67.2 Å². The fraction of sp³-hybridized carbons (Fsp3) is 0.208. The molecule has 6 nitrogen and oxygen atoms in total. The first-order valence-corrected chi connectivity index (χ1v) is 10.4. The van der Waals surface area contributed by atoms with E-state index in [1.54, 1.807) is 35.2 Å². The fourth-order valence-electron chi connectivity index (χ4n) is 3.49. The van der Waals surface area contributed by atoms with Gasteiger partial charge in [-0.25, -0.2) is 4.68 Å². The highest BCUT2D eigenvalue weighted by molar-refractivity contribution is 5.95. The van der Waals surface area contributed by atoms with Gasteiger partial charge in [0.25, 0.3) is 0 Å². The standard InChI is InChI=1S/C24H21F3N4O2/c25-24(26,27)21-13-15-31(29-21)20-10-5-18(6-11-20)16-28-22(32)12-7-17-3-8-19(9-4-17)30-14-1-2-23(30)33/h3-13,15H,1-2,14,16H2,(H,28,32)/b12-7+. The first-order valence-electron chi connectivity index (χ1n) is 10.4. The van der Waals surface area contributed by atoms with Crippen LogP contribution in [-0.4, -0.2) is 28.1 Å². The van der Waals surface area contributed by atoms with Gasteiger partial charge in [0.05, 0.1) is 5.69 Å². The Morgan fingerprint density at radius 1 is 1.03 bits per heavy atom. The summed E-state index contributed by atoms with van der Waals surface area (Å²) in [4.78, 5) is 25.7. The van der Waals surface area contributed by atoms with Crippen LogP contribution < -0.4 is 10.2 Å². The Morgan fingerprint density at radius 3 is 2.33 bits per heavy atom. The zero-order valence-electron chi connectivity index (χ0n) is 17.5. The van der Waals surface area contributed by atoms with Crippen LogP contribution in [-0.2, 0) is 22.3 Å². The van der Waals surface area contributed by atoms with Crippen molar-refractivity contribution in [2.24, 2.45) is 0 Å². The lowest BCUT2D eigenvalue weighted by atomic mass is 10.1. The molecule has 0 radical (unpaired) electrons. The molecule has 33 heavy (non-hydrogen) atoms. The van der Waals surface area contributed by atoms with E-state index >= 15 is 0 Å². The molecular formula is C24H21F3N4O2. The molecule has 2 aromatic carbocycles.